The molecule has 3 nitrogen and oxygen atoms in total. The zero-order valence-corrected chi connectivity index (χ0v) is 11.0. The first-order chi connectivity index (χ1) is 7.66. The second-order valence-corrected chi connectivity index (χ2v) is 5.08. The third-order valence-electron chi connectivity index (χ3n) is 2.18. The van der Waals surface area contributed by atoms with E-state index in [4.69, 9.17) is 0 Å². The number of hydrogen-bond donors (Lipinski definition) is 0. The number of halogens is 1. The fraction of sp³-hybridized carbons (Fsp3) is 0.182. The summed E-state index contributed by atoms with van der Waals surface area (Å²) in [5, 5.41) is 3.83. The maximum atomic E-state index is 11.9. The third kappa shape index (κ3) is 2.54. The van der Waals surface area contributed by atoms with Crippen LogP contribution >= 0.6 is 27.5 Å². The van der Waals surface area contributed by atoms with Crippen LogP contribution in [0.1, 0.15) is 20.9 Å². The summed E-state index contributed by atoms with van der Waals surface area (Å²) in [6, 6.07) is 7.73. The van der Waals surface area contributed by atoms with Crippen LogP contribution < -0.4 is 0 Å². The Morgan fingerprint density at radius 1 is 1.38 bits per heavy atom. The summed E-state index contributed by atoms with van der Waals surface area (Å²) in [6.45, 7) is 1.80. The van der Waals surface area contributed by atoms with Crippen molar-refractivity contribution in [3.8, 4) is 0 Å². The monoisotopic (exact) mass is 296 g/mol. The molecule has 1 aromatic carbocycles. The lowest BCUT2D eigenvalue weighted by Gasteiger charge is -1.99. The molecule has 0 aliphatic rings. The Morgan fingerprint density at radius 2 is 2.06 bits per heavy atom. The predicted molar refractivity (Wildman–Crippen MR) is 66.8 cm³/mol. The van der Waals surface area contributed by atoms with Crippen LogP contribution in [-0.2, 0) is 6.42 Å². The highest BCUT2D eigenvalue weighted by atomic mass is 79.9. The van der Waals surface area contributed by atoms with Gasteiger partial charge < -0.3 is 0 Å². The first-order valence-electron chi connectivity index (χ1n) is 4.73. The van der Waals surface area contributed by atoms with Gasteiger partial charge in [-0.25, -0.2) is 0 Å². The van der Waals surface area contributed by atoms with Crippen LogP contribution in [0.5, 0.6) is 0 Å². The maximum absolute atomic E-state index is 11.9. The van der Waals surface area contributed by atoms with Crippen molar-refractivity contribution in [2.45, 2.75) is 13.3 Å². The molecule has 0 aliphatic heterocycles. The van der Waals surface area contributed by atoms with Crippen molar-refractivity contribution in [1.29, 1.82) is 0 Å². The molecule has 2 rings (SSSR count). The van der Waals surface area contributed by atoms with E-state index in [2.05, 4.69) is 25.5 Å². The third-order valence-corrected chi connectivity index (χ3v) is 3.58. The molecule has 0 saturated carbocycles. The van der Waals surface area contributed by atoms with Gasteiger partial charge in [0.15, 0.2) is 5.78 Å². The molecule has 0 bridgehead atoms. The molecule has 0 unspecified atom stereocenters. The van der Waals surface area contributed by atoms with E-state index in [0.717, 1.165) is 21.6 Å². The van der Waals surface area contributed by atoms with Gasteiger partial charge in [0.1, 0.15) is 4.88 Å². The standard InChI is InChI=1S/C11H9BrN2OS/c1-7-11(16-14-13-7)10(15)6-8-2-4-9(12)5-3-8/h2-5H,6H2,1H3. The van der Waals surface area contributed by atoms with Crippen LogP contribution in [0, 0.1) is 6.92 Å². The molecule has 0 N–H and O–H groups in total. The molecule has 0 saturated heterocycles. The van der Waals surface area contributed by atoms with Gasteiger partial charge in [0, 0.05) is 10.9 Å². The lowest BCUT2D eigenvalue weighted by Crippen LogP contribution is -2.02. The Hall–Kier alpha value is -1.07. The number of aryl methyl sites for hydroxylation is 1. The number of ketones is 1. The van der Waals surface area contributed by atoms with Gasteiger partial charge in [-0.2, -0.15) is 0 Å². The van der Waals surface area contributed by atoms with Crippen molar-refractivity contribution in [2.24, 2.45) is 0 Å². The molecule has 1 aromatic heterocycles. The Morgan fingerprint density at radius 3 is 2.62 bits per heavy atom. The molecule has 0 aliphatic carbocycles. The molecular weight excluding hydrogens is 288 g/mol. The van der Waals surface area contributed by atoms with Gasteiger partial charge >= 0.3 is 0 Å². The summed E-state index contributed by atoms with van der Waals surface area (Å²) >= 11 is 4.52. The highest BCUT2D eigenvalue weighted by Gasteiger charge is 2.13. The number of rotatable bonds is 3. The molecular formula is C11H9BrN2OS. The zero-order valence-electron chi connectivity index (χ0n) is 8.61. The fourth-order valence-electron chi connectivity index (χ4n) is 1.35. The van der Waals surface area contributed by atoms with Crippen LogP contribution in [0.25, 0.3) is 0 Å². The smallest absolute Gasteiger partial charge is 0.180 e. The quantitative estimate of drug-likeness (QED) is 0.818. The molecule has 0 radical (unpaired) electrons. The van der Waals surface area contributed by atoms with Gasteiger partial charge in [-0.3, -0.25) is 4.79 Å². The summed E-state index contributed by atoms with van der Waals surface area (Å²) in [6.07, 6.45) is 0.401. The second-order valence-electron chi connectivity index (χ2n) is 3.41. The van der Waals surface area contributed by atoms with Crippen molar-refractivity contribution in [3.63, 3.8) is 0 Å². The number of benzene rings is 1. The lowest BCUT2D eigenvalue weighted by atomic mass is 10.1. The summed E-state index contributed by atoms with van der Waals surface area (Å²) in [4.78, 5) is 12.6. The van der Waals surface area contributed by atoms with E-state index in [1.54, 1.807) is 6.92 Å². The fourth-order valence-corrected chi connectivity index (χ4v) is 2.21. The summed E-state index contributed by atoms with van der Waals surface area (Å²) < 4.78 is 4.78. The molecule has 0 spiro atoms. The molecule has 2 aromatic rings. The predicted octanol–water partition coefficient (Wildman–Crippen LogP) is 3.03. The van der Waals surface area contributed by atoms with Gasteiger partial charge in [0.05, 0.1) is 5.69 Å². The molecule has 0 amide bonds. The van der Waals surface area contributed by atoms with Crippen molar-refractivity contribution < 1.29 is 4.79 Å². The Labute approximate surface area is 106 Å². The van der Waals surface area contributed by atoms with Gasteiger partial charge in [-0.05, 0) is 36.2 Å². The van der Waals surface area contributed by atoms with E-state index >= 15 is 0 Å². The number of aromatic nitrogens is 2. The molecule has 82 valence electrons. The average molecular weight is 297 g/mol. The first-order valence-corrected chi connectivity index (χ1v) is 6.30. The minimum atomic E-state index is 0.0785. The van der Waals surface area contributed by atoms with Crippen LogP contribution in [0.4, 0.5) is 0 Å². The van der Waals surface area contributed by atoms with E-state index < -0.39 is 0 Å². The normalized spacial score (nSPS) is 10.4. The van der Waals surface area contributed by atoms with Crippen molar-refractivity contribution in [1.82, 2.24) is 9.59 Å². The average Bonchev–Trinajstić information content (AvgIpc) is 2.68. The summed E-state index contributed by atoms with van der Waals surface area (Å²) in [5.41, 5.74) is 1.72. The van der Waals surface area contributed by atoms with Crippen LogP contribution in [-0.4, -0.2) is 15.4 Å². The zero-order chi connectivity index (χ0) is 11.5. The minimum Gasteiger partial charge on any atom is -0.293 e. The molecule has 0 fully saturated rings. The van der Waals surface area contributed by atoms with E-state index in [-0.39, 0.29) is 5.78 Å². The van der Waals surface area contributed by atoms with Gasteiger partial charge in [0.2, 0.25) is 0 Å². The summed E-state index contributed by atoms with van der Waals surface area (Å²) in [7, 11) is 0. The maximum Gasteiger partial charge on any atom is 0.180 e. The molecule has 1 heterocycles. The van der Waals surface area contributed by atoms with Gasteiger partial charge in [0.25, 0.3) is 0 Å². The van der Waals surface area contributed by atoms with Crippen LogP contribution in [0.3, 0.4) is 0 Å². The minimum absolute atomic E-state index is 0.0785. The highest BCUT2D eigenvalue weighted by Crippen LogP contribution is 2.15. The van der Waals surface area contributed by atoms with E-state index in [1.807, 2.05) is 24.3 Å². The van der Waals surface area contributed by atoms with E-state index in [0.29, 0.717) is 17.0 Å². The van der Waals surface area contributed by atoms with Crippen molar-refractivity contribution in [3.05, 3.63) is 44.9 Å². The topological polar surface area (TPSA) is 42.9 Å². The Bertz CT molecular complexity index is 507. The molecule has 0 atom stereocenters. The van der Waals surface area contributed by atoms with Gasteiger partial charge in [-0.15, -0.1) is 5.10 Å². The van der Waals surface area contributed by atoms with E-state index in [9.17, 15) is 4.79 Å². The molecule has 5 heteroatoms. The number of Topliss-reactive ketones (excluding diaryl/α,β-unsaturated/α-hetero) is 1. The Kier molecular flexibility index (Phi) is 3.46. The summed E-state index contributed by atoms with van der Waals surface area (Å²) in [5.74, 6) is 0.0785. The van der Waals surface area contributed by atoms with Gasteiger partial charge in [-0.1, -0.05) is 32.6 Å². The largest absolute Gasteiger partial charge is 0.293 e. The number of carbonyl (C=O) groups is 1. The highest BCUT2D eigenvalue weighted by molar-refractivity contribution is 9.10. The van der Waals surface area contributed by atoms with Crippen LogP contribution in [0.2, 0.25) is 0 Å². The van der Waals surface area contributed by atoms with Crippen molar-refractivity contribution in [2.75, 3.05) is 0 Å². The van der Waals surface area contributed by atoms with E-state index in [1.165, 1.54) is 0 Å². The number of hydrogen-bond acceptors (Lipinski definition) is 4. The first kappa shape index (κ1) is 11.4. The number of nitrogens with zero attached hydrogens (tertiary/aromatic N) is 2. The molecule has 16 heavy (non-hydrogen) atoms. The van der Waals surface area contributed by atoms with Crippen molar-refractivity contribution >= 4 is 33.2 Å². The lowest BCUT2D eigenvalue weighted by molar-refractivity contribution is 0.0996. The number of carbonyl (C=O) groups excluding carboxylic acids is 1. The van der Waals surface area contributed by atoms with Crippen LogP contribution in [0.15, 0.2) is 28.7 Å². The Balaban J connectivity index is 2.14. The SMILES string of the molecule is Cc1nnsc1C(=O)Cc1ccc(Br)cc1. The second kappa shape index (κ2) is 4.84.